The van der Waals surface area contributed by atoms with Crippen LogP contribution in [0.15, 0.2) is 0 Å². The average molecular weight is 206 g/mol. The third-order valence-corrected chi connectivity index (χ3v) is 2.86. The topological polar surface area (TPSA) is 12.5 Å². The molecule has 1 aliphatic heterocycles. The van der Waals surface area contributed by atoms with Gasteiger partial charge in [-0.15, -0.1) is 11.6 Å². The predicted octanol–water partition coefficient (Wildman–Crippen LogP) is 2.11. The lowest BCUT2D eigenvalue weighted by atomic mass is 10.2. The summed E-state index contributed by atoms with van der Waals surface area (Å²) in [6.45, 7) is 7.21. The smallest absolute Gasteiger partial charge is 0.0597 e. The highest BCUT2D eigenvalue weighted by molar-refractivity contribution is 6.18. The molecule has 13 heavy (non-hydrogen) atoms. The Bertz CT molecular complexity index is 141. The van der Waals surface area contributed by atoms with E-state index in [1.165, 1.54) is 19.4 Å². The third-order valence-electron chi connectivity index (χ3n) is 2.51. The molecule has 0 aromatic heterocycles. The number of ether oxygens (including phenoxy) is 1. The summed E-state index contributed by atoms with van der Waals surface area (Å²) < 4.78 is 5.51. The molecule has 0 spiro atoms. The average Bonchev–Trinajstić information content (AvgIpc) is 2.51. The van der Waals surface area contributed by atoms with Crippen LogP contribution >= 0.6 is 11.6 Å². The molecule has 3 heteroatoms. The minimum atomic E-state index is 0.344. The summed E-state index contributed by atoms with van der Waals surface area (Å²) in [4.78, 5) is 2.44. The standard InChI is InChI=1S/C10H20ClNO/c1-9(2)13-7-6-12-5-3-4-10(12)8-11/h9-10H,3-8H2,1-2H3. The molecule has 0 aromatic carbocycles. The van der Waals surface area contributed by atoms with E-state index < -0.39 is 0 Å². The van der Waals surface area contributed by atoms with Gasteiger partial charge in [-0.2, -0.15) is 0 Å². The van der Waals surface area contributed by atoms with E-state index in [4.69, 9.17) is 16.3 Å². The molecule has 0 amide bonds. The monoisotopic (exact) mass is 205 g/mol. The molecule has 1 aliphatic rings. The van der Waals surface area contributed by atoms with Gasteiger partial charge in [0.15, 0.2) is 0 Å². The number of hydrogen-bond acceptors (Lipinski definition) is 2. The number of halogens is 1. The van der Waals surface area contributed by atoms with Crippen LogP contribution in [0, 0.1) is 0 Å². The molecule has 1 heterocycles. The zero-order valence-electron chi connectivity index (χ0n) is 8.63. The van der Waals surface area contributed by atoms with Gasteiger partial charge >= 0.3 is 0 Å². The normalized spacial score (nSPS) is 24.5. The Morgan fingerprint density at radius 2 is 2.31 bits per heavy atom. The van der Waals surface area contributed by atoms with Crippen LogP contribution in [0.4, 0.5) is 0 Å². The Hall–Kier alpha value is 0.210. The van der Waals surface area contributed by atoms with Gasteiger partial charge < -0.3 is 4.74 Å². The SMILES string of the molecule is CC(C)OCCN1CCCC1CCl. The maximum atomic E-state index is 5.86. The minimum absolute atomic E-state index is 0.344. The highest BCUT2D eigenvalue weighted by atomic mass is 35.5. The fourth-order valence-corrected chi connectivity index (χ4v) is 2.12. The number of rotatable bonds is 5. The quantitative estimate of drug-likeness (QED) is 0.638. The van der Waals surface area contributed by atoms with Crippen molar-refractivity contribution in [2.24, 2.45) is 0 Å². The molecular formula is C10H20ClNO. The van der Waals surface area contributed by atoms with Crippen molar-refractivity contribution in [3.05, 3.63) is 0 Å². The van der Waals surface area contributed by atoms with E-state index in [9.17, 15) is 0 Å². The van der Waals surface area contributed by atoms with Gasteiger partial charge in [-0.3, -0.25) is 4.90 Å². The largest absolute Gasteiger partial charge is 0.377 e. The predicted molar refractivity (Wildman–Crippen MR) is 56.4 cm³/mol. The molecule has 1 atom stereocenters. The number of likely N-dealkylation sites (tertiary alicyclic amines) is 1. The minimum Gasteiger partial charge on any atom is -0.377 e. The molecule has 0 aromatic rings. The van der Waals surface area contributed by atoms with Crippen LogP contribution in [0.3, 0.4) is 0 Å². The van der Waals surface area contributed by atoms with Crippen molar-refractivity contribution < 1.29 is 4.74 Å². The van der Waals surface area contributed by atoms with Crippen molar-refractivity contribution in [1.29, 1.82) is 0 Å². The van der Waals surface area contributed by atoms with E-state index >= 15 is 0 Å². The lowest BCUT2D eigenvalue weighted by Crippen LogP contribution is -2.34. The summed E-state index contributed by atoms with van der Waals surface area (Å²) in [6.07, 6.45) is 2.89. The van der Waals surface area contributed by atoms with Crippen molar-refractivity contribution in [3.63, 3.8) is 0 Å². The molecule has 0 radical (unpaired) electrons. The number of hydrogen-bond donors (Lipinski definition) is 0. The molecule has 0 bridgehead atoms. The number of alkyl halides is 1. The van der Waals surface area contributed by atoms with E-state index in [1.807, 2.05) is 0 Å². The van der Waals surface area contributed by atoms with Gasteiger partial charge in [0.25, 0.3) is 0 Å². The summed E-state index contributed by atoms with van der Waals surface area (Å²) in [6, 6.07) is 0.595. The van der Waals surface area contributed by atoms with Crippen molar-refractivity contribution >= 4 is 11.6 Å². The summed E-state index contributed by atoms with van der Waals surface area (Å²) in [5.74, 6) is 0.766. The van der Waals surface area contributed by atoms with Crippen LogP contribution in [0.1, 0.15) is 26.7 Å². The van der Waals surface area contributed by atoms with Crippen molar-refractivity contribution in [2.45, 2.75) is 38.8 Å². The molecule has 2 nitrogen and oxygen atoms in total. The van der Waals surface area contributed by atoms with Crippen LogP contribution in [0.25, 0.3) is 0 Å². The van der Waals surface area contributed by atoms with Crippen LogP contribution < -0.4 is 0 Å². The fourth-order valence-electron chi connectivity index (χ4n) is 1.77. The first kappa shape index (κ1) is 11.3. The first-order chi connectivity index (χ1) is 6.24. The van der Waals surface area contributed by atoms with Crippen LogP contribution in [-0.2, 0) is 4.74 Å². The second-order valence-corrected chi connectivity index (χ2v) is 4.21. The Labute approximate surface area is 86.2 Å². The van der Waals surface area contributed by atoms with Crippen molar-refractivity contribution in [3.8, 4) is 0 Å². The van der Waals surface area contributed by atoms with E-state index in [0.717, 1.165) is 19.0 Å². The van der Waals surface area contributed by atoms with Crippen molar-refractivity contribution in [1.82, 2.24) is 4.90 Å². The molecule has 1 unspecified atom stereocenters. The summed E-state index contributed by atoms with van der Waals surface area (Å²) in [5, 5.41) is 0. The van der Waals surface area contributed by atoms with Gasteiger partial charge in [-0.1, -0.05) is 0 Å². The zero-order chi connectivity index (χ0) is 9.68. The van der Waals surface area contributed by atoms with Crippen LogP contribution in [0.2, 0.25) is 0 Å². The summed E-state index contributed by atoms with van der Waals surface area (Å²) in [5.41, 5.74) is 0. The first-order valence-corrected chi connectivity index (χ1v) is 5.69. The van der Waals surface area contributed by atoms with E-state index in [1.54, 1.807) is 0 Å². The summed E-state index contributed by atoms with van der Waals surface area (Å²) in [7, 11) is 0. The molecule has 0 N–H and O–H groups in total. The highest BCUT2D eigenvalue weighted by Gasteiger charge is 2.22. The van der Waals surface area contributed by atoms with Gasteiger partial charge in [0.2, 0.25) is 0 Å². The second kappa shape index (κ2) is 5.84. The third kappa shape index (κ3) is 3.84. The van der Waals surface area contributed by atoms with Crippen molar-refractivity contribution in [2.75, 3.05) is 25.6 Å². The fraction of sp³-hybridized carbons (Fsp3) is 1.00. The highest BCUT2D eigenvalue weighted by Crippen LogP contribution is 2.17. The Morgan fingerprint density at radius 3 is 2.92 bits per heavy atom. The lowest BCUT2D eigenvalue weighted by molar-refractivity contribution is 0.0580. The summed E-state index contributed by atoms with van der Waals surface area (Å²) >= 11 is 5.86. The van der Waals surface area contributed by atoms with Gasteiger partial charge in [0, 0.05) is 18.5 Å². The maximum Gasteiger partial charge on any atom is 0.0597 e. The zero-order valence-corrected chi connectivity index (χ0v) is 9.39. The Kier molecular flexibility index (Phi) is 5.07. The molecule has 1 rings (SSSR count). The van der Waals surface area contributed by atoms with Gasteiger partial charge in [0.1, 0.15) is 0 Å². The van der Waals surface area contributed by atoms with E-state index in [-0.39, 0.29) is 0 Å². The van der Waals surface area contributed by atoms with Gasteiger partial charge in [-0.05, 0) is 33.2 Å². The molecule has 1 fully saturated rings. The van der Waals surface area contributed by atoms with E-state index in [2.05, 4.69) is 18.7 Å². The maximum absolute atomic E-state index is 5.86. The molecule has 0 saturated carbocycles. The lowest BCUT2D eigenvalue weighted by Gasteiger charge is -2.22. The number of nitrogens with zero attached hydrogens (tertiary/aromatic N) is 1. The van der Waals surface area contributed by atoms with Crippen LogP contribution in [0.5, 0.6) is 0 Å². The first-order valence-electron chi connectivity index (χ1n) is 5.15. The molecule has 0 aliphatic carbocycles. The molecule has 1 saturated heterocycles. The van der Waals surface area contributed by atoms with Crippen LogP contribution in [-0.4, -0.2) is 42.6 Å². The van der Waals surface area contributed by atoms with Gasteiger partial charge in [-0.25, -0.2) is 0 Å². The molecule has 78 valence electrons. The Balaban J connectivity index is 2.13. The Morgan fingerprint density at radius 1 is 1.54 bits per heavy atom. The molecular weight excluding hydrogens is 186 g/mol. The van der Waals surface area contributed by atoms with Gasteiger partial charge in [0.05, 0.1) is 12.7 Å². The van der Waals surface area contributed by atoms with E-state index in [0.29, 0.717) is 12.1 Å². The second-order valence-electron chi connectivity index (χ2n) is 3.91.